The first kappa shape index (κ1) is 15.1. The minimum absolute atomic E-state index is 0.253. The summed E-state index contributed by atoms with van der Waals surface area (Å²) >= 11 is 12.3. The quantitative estimate of drug-likeness (QED) is 0.905. The minimum Gasteiger partial charge on any atom is -0.309 e. The summed E-state index contributed by atoms with van der Waals surface area (Å²) in [4.78, 5) is 2.47. The van der Waals surface area contributed by atoms with Crippen LogP contribution < -0.4 is 5.32 Å². The van der Waals surface area contributed by atoms with E-state index in [4.69, 9.17) is 23.2 Å². The number of piperazine rings is 1. The Morgan fingerprint density at radius 2 is 2.00 bits per heavy atom. The van der Waals surface area contributed by atoms with E-state index in [-0.39, 0.29) is 5.54 Å². The van der Waals surface area contributed by atoms with E-state index in [1.807, 2.05) is 18.2 Å². The fourth-order valence-electron chi connectivity index (χ4n) is 2.81. The van der Waals surface area contributed by atoms with E-state index in [0.29, 0.717) is 0 Å². The maximum Gasteiger partial charge on any atom is 0.0452 e. The van der Waals surface area contributed by atoms with Gasteiger partial charge in [0, 0.05) is 41.8 Å². The van der Waals surface area contributed by atoms with Crippen molar-refractivity contribution < 1.29 is 0 Å². The SMILES string of the molecule is CCC1(CC)CN(Cc2cc(Cl)ccc2Cl)CCN1. The van der Waals surface area contributed by atoms with Gasteiger partial charge in [-0.2, -0.15) is 0 Å². The molecule has 0 radical (unpaired) electrons. The fraction of sp³-hybridized carbons (Fsp3) is 0.600. The normalized spacial score (nSPS) is 19.6. The van der Waals surface area contributed by atoms with Gasteiger partial charge >= 0.3 is 0 Å². The molecular formula is C15H22Cl2N2. The van der Waals surface area contributed by atoms with E-state index in [2.05, 4.69) is 24.1 Å². The van der Waals surface area contributed by atoms with Gasteiger partial charge in [0.1, 0.15) is 0 Å². The largest absolute Gasteiger partial charge is 0.309 e. The second kappa shape index (κ2) is 6.45. The molecule has 0 saturated carbocycles. The third-order valence-corrected chi connectivity index (χ3v) is 4.81. The highest BCUT2D eigenvalue weighted by molar-refractivity contribution is 6.33. The van der Waals surface area contributed by atoms with Crippen molar-refractivity contribution in [2.45, 2.75) is 38.8 Å². The Kier molecular flexibility index (Phi) is 5.13. The number of hydrogen-bond acceptors (Lipinski definition) is 2. The molecule has 0 atom stereocenters. The second-order valence-corrected chi connectivity index (χ2v) is 6.20. The van der Waals surface area contributed by atoms with Gasteiger partial charge in [-0.05, 0) is 36.6 Å². The van der Waals surface area contributed by atoms with Crippen LogP contribution in [-0.4, -0.2) is 30.1 Å². The van der Waals surface area contributed by atoms with Crippen molar-refractivity contribution in [1.29, 1.82) is 0 Å². The topological polar surface area (TPSA) is 15.3 Å². The van der Waals surface area contributed by atoms with Gasteiger partial charge in [-0.15, -0.1) is 0 Å². The van der Waals surface area contributed by atoms with E-state index < -0.39 is 0 Å². The molecule has 19 heavy (non-hydrogen) atoms. The molecule has 1 heterocycles. The molecule has 1 aromatic carbocycles. The van der Waals surface area contributed by atoms with Gasteiger partial charge in [0.2, 0.25) is 0 Å². The summed E-state index contributed by atoms with van der Waals surface area (Å²) < 4.78 is 0. The van der Waals surface area contributed by atoms with Gasteiger partial charge < -0.3 is 5.32 Å². The highest BCUT2D eigenvalue weighted by Gasteiger charge is 2.31. The van der Waals surface area contributed by atoms with Crippen LogP contribution in [0.25, 0.3) is 0 Å². The molecule has 1 saturated heterocycles. The summed E-state index contributed by atoms with van der Waals surface area (Å²) in [6.45, 7) is 8.56. The van der Waals surface area contributed by atoms with Crippen LogP contribution in [0.4, 0.5) is 0 Å². The highest BCUT2D eigenvalue weighted by atomic mass is 35.5. The van der Waals surface area contributed by atoms with Crippen LogP contribution in [0.3, 0.4) is 0 Å². The monoisotopic (exact) mass is 300 g/mol. The molecular weight excluding hydrogens is 279 g/mol. The molecule has 2 rings (SSSR count). The average molecular weight is 301 g/mol. The summed E-state index contributed by atoms with van der Waals surface area (Å²) in [7, 11) is 0. The zero-order valence-electron chi connectivity index (χ0n) is 11.7. The average Bonchev–Trinajstić information content (AvgIpc) is 2.43. The van der Waals surface area contributed by atoms with Crippen molar-refractivity contribution in [3.63, 3.8) is 0 Å². The summed E-state index contributed by atoms with van der Waals surface area (Å²) in [5, 5.41) is 5.24. The van der Waals surface area contributed by atoms with E-state index in [9.17, 15) is 0 Å². The summed E-state index contributed by atoms with van der Waals surface area (Å²) in [6, 6.07) is 5.70. The summed E-state index contributed by atoms with van der Waals surface area (Å²) in [5.41, 5.74) is 1.38. The summed E-state index contributed by atoms with van der Waals surface area (Å²) in [5.74, 6) is 0. The molecule has 0 bridgehead atoms. The number of nitrogens with zero attached hydrogens (tertiary/aromatic N) is 1. The van der Waals surface area contributed by atoms with Gasteiger partial charge in [0.05, 0.1) is 0 Å². The van der Waals surface area contributed by atoms with Crippen LogP contribution in [0.2, 0.25) is 10.0 Å². The van der Waals surface area contributed by atoms with Gasteiger partial charge in [-0.25, -0.2) is 0 Å². The lowest BCUT2D eigenvalue weighted by Crippen LogP contribution is -2.59. The molecule has 1 aliphatic rings. The Bertz CT molecular complexity index is 430. The van der Waals surface area contributed by atoms with E-state index in [1.54, 1.807) is 0 Å². The van der Waals surface area contributed by atoms with Gasteiger partial charge in [-0.3, -0.25) is 4.90 Å². The van der Waals surface area contributed by atoms with E-state index in [0.717, 1.165) is 54.6 Å². The van der Waals surface area contributed by atoms with E-state index in [1.165, 1.54) is 0 Å². The Morgan fingerprint density at radius 1 is 1.26 bits per heavy atom. The molecule has 1 fully saturated rings. The molecule has 106 valence electrons. The molecule has 1 N–H and O–H groups in total. The molecule has 0 unspecified atom stereocenters. The number of benzene rings is 1. The maximum absolute atomic E-state index is 6.25. The predicted octanol–water partition coefficient (Wildman–Crippen LogP) is 3.96. The van der Waals surface area contributed by atoms with Crippen LogP contribution in [0, 0.1) is 0 Å². The number of hydrogen-bond donors (Lipinski definition) is 1. The first-order valence-corrected chi connectivity index (χ1v) is 7.75. The zero-order chi connectivity index (χ0) is 13.9. The van der Waals surface area contributed by atoms with Crippen LogP contribution in [0.1, 0.15) is 32.3 Å². The maximum atomic E-state index is 6.25. The smallest absolute Gasteiger partial charge is 0.0452 e. The molecule has 0 aliphatic carbocycles. The van der Waals surface area contributed by atoms with Gasteiger partial charge in [0.15, 0.2) is 0 Å². The second-order valence-electron chi connectivity index (χ2n) is 5.36. The standard InChI is InChI=1S/C15H22Cl2N2/c1-3-15(4-2)11-19(8-7-18-15)10-12-9-13(16)5-6-14(12)17/h5-6,9,18H,3-4,7-8,10-11H2,1-2H3. The van der Waals surface area contributed by atoms with Crippen molar-refractivity contribution in [2.24, 2.45) is 0 Å². The van der Waals surface area contributed by atoms with Crippen LogP contribution in [0.15, 0.2) is 18.2 Å². The summed E-state index contributed by atoms with van der Waals surface area (Å²) in [6.07, 6.45) is 2.31. The predicted molar refractivity (Wildman–Crippen MR) is 83.1 cm³/mol. The Balaban J connectivity index is 2.08. The fourth-order valence-corrected chi connectivity index (χ4v) is 3.18. The molecule has 2 nitrogen and oxygen atoms in total. The zero-order valence-corrected chi connectivity index (χ0v) is 13.2. The van der Waals surface area contributed by atoms with Crippen LogP contribution >= 0.6 is 23.2 Å². The Morgan fingerprint density at radius 3 is 2.68 bits per heavy atom. The first-order chi connectivity index (χ1) is 9.08. The molecule has 1 aromatic rings. The van der Waals surface area contributed by atoms with Crippen molar-refractivity contribution >= 4 is 23.2 Å². The number of rotatable bonds is 4. The minimum atomic E-state index is 0.253. The Hall–Kier alpha value is -0.280. The van der Waals surface area contributed by atoms with Crippen molar-refractivity contribution in [3.05, 3.63) is 33.8 Å². The lowest BCUT2D eigenvalue weighted by Gasteiger charge is -2.43. The van der Waals surface area contributed by atoms with E-state index >= 15 is 0 Å². The Labute approximate surface area is 126 Å². The lowest BCUT2D eigenvalue weighted by molar-refractivity contribution is 0.118. The highest BCUT2D eigenvalue weighted by Crippen LogP contribution is 2.25. The van der Waals surface area contributed by atoms with Crippen LogP contribution in [0.5, 0.6) is 0 Å². The van der Waals surface area contributed by atoms with Gasteiger partial charge in [0.25, 0.3) is 0 Å². The molecule has 0 spiro atoms. The lowest BCUT2D eigenvalue weighted by atomic mass is 9.90. The van der Waals surface area contributed by atoms with Crippen molar-refractivity contribution in [3.8, 4) is 0 Å². The van der Waals surface area contributed by atoms with Crippen molar-refractivity contribution in [1.82, 2.24) is 10.2 Å². The molecule has 0 amide bonds. The number of nitrogens with one attached hydrogen (secondary N) is 1. The molecule has 4 heteroatoms. The molecule has 0 aromatic heterocycles. The van der Waals surface area contributed by atoms with Crippen LogP contribution in [-0.2, 0) is 6.54 Å². The third kappa shape index (κ3) is 3.63. The van der Waals surface area contributed by atoms with Crippen molar-refractivity contribution in [2.75, 3.05) is 19.6 Å². The first-order valence-electron chi connectivity index (χ1n) is 7.00. The molecule has 1 aliphatic heterocycles. The third-order valence-electron chi connectivity index (χ3n) is 4.21. The van der Waals surface area contributed by atoms with Gasteiger partial charge in [-0.1, -0.05) is 37.0 Å². The number of halogens is 2.